The van der Waals surface area contributed by atoms with Gasteiger partial charge in [0.05, 0.1) is 19.3 Å². The molecule has 28 heavy (non-hydrogen) atoms. The Bertz CT molecular complexity index is 653. The van der Waals surface area contributed by atoms with Crippen LogP contribution in [0, 0.1) is 0 Å². The van der Waals surface area contributed by atoms with Gasteiger partial charge < -0.3 is 14.2 Å². The second-order valence-electron chi connectivity index (χ2n) is 6.61. The molecule has 0 aliphatic rings. The molecule has 0 aliphatic heterocycles. The molecule has 0 saturated carbocycles. The molecule has 0 radical (unpaired) electrons. The Kier molecular flexibility index (Phi) is 11.0. The largest absolute Gasteiger partial charge is 0.465 e. The Morgan fingerprint density at radius 3 is 2.43 bits per heavy atom. The van der Waals surface area contributed by atoms with Crippen LogP contribution in [0.15, 0.2) is 30.3 Å². The Labute approximate surface area is 168 Å². The van der Waals surface area contributed by atoms with Crippen LogP contribution in [-0.2, 0) is 29.8 Å². The molecule has 1 rings (SSSR count). The van der Waals surface area contributed by atoms with Crippen molar-refractivity contribution in [2.24, 2.45) is 0 Å². The summed E-state index contributed by atoms with van der Waals surface area (Å²) < 4.78 is 23.4. The summed E-state index contributed by atoms with van der Waals surface area (Å²) in [6.07, 6.45) is 2.86. The highest BCUT2D eigenvalue weighted by Gasteiger charge is 2.29. The zero-order chi connectivity index (χ0) is 21.0. The number of carbonyl (C=O) groups excluding carboxylic acids is 2. The number of carbonyl (C=O) groups is 2. The molecular weight excluding hydrogens is 379 g/mol. The second-order valence-corrected chi connectivity index (χ2v) is 8.92. The topological polar surface area (TPSA) is 84.9 Å². The summed E-state index contributed by atoms with van der Waals surface area (Å²) in [7, 11) is -1.63. The van der Waals surface area contributed by atoms with Crippen molar-refractivity contribution in [3.8, 4) is 0 Å². The lowest BCUT2D eigenvalue weighted by molar-refractivity contribution is -0.148. The quantitative estimate of drug-likeness (QED) is 0.304. The van der Waals surface area contributed by atoms with Crippen molar-refractivity contribution in [3.63, 3.8) is 0 Å². The van der Waals surface area contributed by atoms with Crippen LogP contribution in [0.1, 0.15) is 39.2 Å². The van der Waals surface area contributed by atoms with Gasteiger partial charge in [0.2, 0.25) is 5.91 Å². The SMILES string of the molecule is CCOC(=O)CN(C)C(=O)[C@H](C)NP(=O)(CCCCc1ccccc1)OCC. The van der Waals surface area contributed by atoms with Gasteiger partial charge in [-0.05, 0) is 45.6 Å². The molecule has 1 unspecified atom stereocenters. The van der Waals surface area contributed by atoms with Crippen LogP contribution >= 0.6 is 7.52 Å². The number of unbranched alkanes of at least 4 members (excludes halogenated alkanes) is 1. The number of nitrogens with zero attached hydrogens (tertiary/aromatic N) is 1. The fourth-order valence-electron chi connectivity index (χ4n) is 2.83. The third-order valence-electron chi connectivity index (χ3n) is 4.16. The van der Waals surface area contributed by atoms with E-state index in [0.29, 0.717) is 12.8 Å². The van der Waals surface area contributed by atoms with Gasteiger partial charge in [0.25, 0.3) is 7.52 Å². The van der Waals surface area contributed by atoms with Crippen LogP contribution in [-0.4, -0.2) is 55.8 Å². The summed E-state index contributed by atoms with van der Waals surface area (Å²) >= 11 is 0. The molecule has 158 valence electrons. The molecule has 0 fully saturated rings. The highest BCUT2D eigenvalue weighted by molar-refractivity contribution is 7.56. The molecule has 1 N–H and O–H groups in total. The predicted molar refractivity (Wildman–Crippen MR) is 110 cm³/mol. The summed E-state index contributed by atoms with van der Waals surface area (Å²) in [5.41, 5.74) is 1.24. The van der Waals surface area contributed by atoms with E-state index < -0.39 is 19.5 Å². The Balaban J connectivity index is 2.54. The molecule has 0 spiro atoms. The first kappa shape index (κ1) is 24.3. The average Bonchev–Trinajstić information content (AvgIpc) is 2.65. The molecule has 0 aliphatic carbocycles. The maximum Gasteiger partial charge on any atom is 0.325 e. The summed E-state index contributed by atoms with van der Waals surface area (Å²) in [6, 6.07) is 9.39. The van der Waals surface area contributed by atoms with E-state index in [1.807, 2.05) is 18.2 Å². The zero-order valence-electron chi connectivity index (χ0n) is 17.3. The van der Waals surface area contributed by atoms with Gasteiger partial charge in [0.1, 0.15) is 6.54 Å². The normalized spacial score (nSPS) is 14.1. The third kappa shape index (κ3) is 9.00. The molecule has 8 heteroatoms. The van der Waals surface area contributed by atoms with Gasteiger partial charge in [0.15, 0.2) is 0 Å². The second kappa shape index (κ2) is 12.7. The maximum atomic E-state index is 13.1. The van der Waals surface area contributed by atoms with Crippen LogP contribution in [0.2, 0.25) is 0 Å². The van der Waals surface area contributed by atoms with Gasteiger partial charge in [-0.15, -0.1) is 0 Å². The van der Waals surface area contributed by atoms with Gasteiger partial charge in [-0.3, -0.25) is 14.2 Å². The van der Waals surface area contributed by atoms with Crippen LogP contribution < -0.4 is 5.09 Å². The highest BCUT2D eigenvalue weighted by Crippen LogP contribution is 2.43. The molecule has 0 heterocycles. The molecule has 1 aromatic carbocycles. The first-order valence-electron chi connectivity index (χ1n) is 9.77. The van der Waals surface area contributed by atoms with E-state index in [1.54, 1.807) is 20.8 Å². The number of ether oxygens (including phenoxy) is 1. The van der Waals surface area contributed by atoms with E-state index in [0.717, 1.165) is 19.3 Å². The molecular formula is C20H33N2O5P. The predicted octanol–water partition coefficient (Wildman–Crippen LogP) is 3.24. The smallest absolute Gasteiger partial charge is 0.325 e. The summed E-state index contributed by atoms with van der Waals surface area (Å²) in [6.45, 7) is 5.52. The van der Waals surface area contributed by atoms with Crippen LogP contribution in [0.3, 0.4) is 0 Å². The molecule has 0 saturated heterocycles. The number of benzene rings is 1. The minimum atomic E-state index is -3.15. The van der Waals surface area contributed by atoms with Crippen LogP contribution in [0.25, 0.3) is 0 Å². The number of rotatable bonds is 13. The number of hydrogen-bond acceptors (Lipinski definition) is 5. The van der Waals surface area contributed by atoms with Crippen molar-refractivity contribution in [2.45, 2.75) is 46.1 Å². The van der Waals surface area contributed by atoms with E-state index in [2.05, 4.69) is 17.2 Å². The third-order valence-corrected chi connectivity index (χ3v) is 6.52. The van der Waals surface area contributed by atoms with Gasteiger partial charge >= 0.3 is 5.97 Å². The molecule has 1 amide bonds. The van der Waals surface area contributed by atoms with Crippen molar-refractivity contribution in [2.75, 3.05) is 33.0 Å². The molecule has 0 bridgehead atoms. The standard InChI is InChI=1S/C20H33N2O5P/c1-5-26-19(23)16-22(4)20(24)17(3)21-28(25,27-6-2)15-11-10-14-18-12-8-7-9-13-18/h7-9,12-13,17H,5-6,10-11,14-16H2,1-4H3,(H,21,25)/t17-,28?/m0/s1. The minimum Gasteiger partial charge on any atom is -0.465 e. The fraction of sp³-hybridized carbons (Fsp3) is 0.600. The first-order valence-corrected chi connectivity index (χ1v) is 11.6. The molecule has 1 aromatic rings. The Morgan fingerprint density at radius 1 is 1.14 bits per heavy atom. The lowest BCUT2D eigenvalue weighted by Crippen LogP contribution is -2.44. The molecule has 7 nitrogen and oxygen atoms in total. The number of hydrogen-bond donors (Lipinski definition) is 1. The van der Waals surface area contributed by atoms with Crippen LogP contribution in [0.4, 0.5) is 0 Å². The maximum absolute atomic E-state index is 13.1. The van der Waals surface area contributed by atoms with Crippen LogP contribution in [0.5, 0.6) is 0 Å². The van der Waals surface area contributed by atoms with E-state index in [4.69, 9.17) is 9.26 Å². The van der Waals surface area contributed by atoms with Crippen molar-refractivity contribution < 1.29 is 23.4 Å². The van der Waals surface area contributed by atoms with Gasteiger partial charge in [-0.1, -0.05) is 30.3 Å². The fourth-order valence-corrected chi connectivity index (χ4v) is 4.92. The summed E-state index contributed by atoms with van der Waals surface area (Å²) in [4.78, 5) is 25.3. The van der Waals surface area contributed by atoms with Crippen molar-refractivity contribution in [1.82, 2.24) is 9.99 Å². The minimum absolute atomic E-state index is 0.144. The molecule has 2 atom stereocenters. The first-order chi connectivity index (χ1) is 13.3. The van der Waals surface area contributed by atoms with Crippen molar-refractivity contribution >= 4 is 19.4 Å². The number of esters is 1. The Morgan fingerprint density at radius 2 is 1.82 bits per heavy atom. The number of amides is 1. The van der Waals surface area contributed by atoms with Crippen molar-refractivity contribution in [3.05, 3.63) is 35.9 Å². The van der Waals surface area contributed by atoms with Gasteiger partial charge in [0, 0.05) is 13.2 Å². The van der Waals surface area contributed by atoms with Crippen molar-refractivity contribution in [1.29, 1.82) is 0 Å². The van der Waals surface area contributed by atoms with E-state index in [1.165, 1.54) is 17.5 Å². The zero-order valence-corrected chi connectivity index (χ0v) is 18.2. The van der Waals surface area contributed by atoms with Gasteiger partial charge in [-0.25, -0.2) is 5.09 Å². The van der Waals surface area contributed by atoms with E-state index in [9.17, 15) is 14.2 Å². The molecule has 0 aromatic heterocycles. The number of likely N-dealkylation sites (N-methyl/N-ethyl adjacent to an activating group) is 1. The lowest BCUT2D eigenvalue weighted by atomic mass is 10.1. The summed E-state index contributed by atoms with van der Waals surface area (Å²) in [5, 5.41) is 2.87. The van der Waals surface area contributed by atoms with Gasteiger partial charge in [-0.2, -0.15) is 0 Å². The Hall–Kier alpha value is -1.69. The average molecular weight is 412 g/mol. The number of aryl methyl sites for hydroxylation is 1. The highest BCUT2D eigenvalue weighted by atomic mass is 31.2. The van der Waals surface area contributed by atoms with E-state index in [-0.39, 0.29) is 19.1 Å². The summed E-state index contributed by atoms with van der Waals surface area (Å²) in [5.74, 6) is -0.809. The lowest BCUT2D eigenvalue weighted by Gasteiger charge is -2.26. The van der Waals surface area contributed by atoms with E-state index >= 15 is 0 Å². The number of nitrogens with one attached hydrogen (secondary N) is 1. The monoisotopic (exact) mass is 412 g/mol.